The molecule has 0 aliphatic rings. The lowest BCUT2D eigenvalue weighted by atomic mass is 10.4. The topological polar surface area (TPSA) is 84.0 Å². The first-order valence-corrected chi connectivity index (χ1v) is 7.38. The average Bonchev–Trinajstić information content (AvgIpc) is 2.17. The van der Waals surface area contributed by atoms with Gasteiger partial charge in [0.25, 0.3) is 0 Å². The van der Waals surface area contributed by atoms with E-state index < -0.39 is 9.84 Å². The maximum atomic E-state index is 11.2. The predicted molar refractivity (Wildman–Crippen MR) is 66.8 cm³/mol. The maximum Gasteiger partial charge on any atom is 0.175 e. The number of thioether (sulfide) groups is 1. The second-order valence-electron chi connectivity index (χ2n) is 3.46. The van der Waals surface area contributed by atoms with Crippen LogP contribution in [-0.4, -0.2) is 25.8 Å². The summed E-state index contributed by atoms with van der Waals surface area (Å²) in [5.74, 6) is 0.109. The Bertz CT molecular complexity index is 480. The Morgan fingerprint density at radius 3 is 2.25 bits per heavy atom. The van der Waals surface area contributed by atoms with Crippen molar-refractivity contribution < 1.29 is 8.42 Å². The summed E-state index contributed by atoms with van der Waals surface area (Å²) in [4.78, 5) is 1.20. The van der Waals surface area contributed by atoms with Gasteiger partial charge in [-0.2, -0.15) is 0 Å². The molecule has 0 radical (unpaired) electrons. The first kappa shape index (κ1) is 13.1. The van der Waals surface area contributed by atoms with Crippen LogP contribution in [0.25, 0.3) is 0 Å². The van der Waals surface area contributed by atoms with Gasteiger partial charge in [-0.15, -0.1) is 11.8 Å². The Morgan fingerprint density at radius 1 is 1.38 bits per heavy atom. The molecule has 0 saturated heterocycles. The third-order valence-electron chi connectivity index (χ3n) is 2.00. The highest BCUT2D eigenvalue weighted by Gasteiger charge is 2.09. The van der Waals surface area contributed by atoms with E-state index in [0.29, 0.717) is 4.90 Å². The van der Waals surface area contributed by atoms with Crippen LogP contribution in [-0.2, 0) is 9.84 Å². The van der Waals surface area contributed by atoms with Gasteiger partial charge < -0.3 is 5.73 Å². The van der Waals surface area contributed by atoms with Gasteiger partial charge >= 0.3 is 0 Å². The molecule has 0 saturated carbocycles. The molecule has 6 heteroatoms. The van der Waals surface area contributed by atoms with Crippen LogP contribution in [0.1, 0.15) is 6.92 Å². The van der Waals surface area contributed by atoms with E-state index in [-0.39, 0.29) is 11.1 Å². The lowest BCUT2D eigenvalue weighted by molar-refractivity contribution is 0.602. The van der Waals surface area contributed by atoms with Crippen molar-refractivity contribution in [3.63, 3.8) is 0 Å². The second-order valence-corrected chi connectivity index (χ2v) is 6.89. The van der Waals surface area contributed by atoms with Crippen LogP contribution in [0, 0.1) is 5.41 Å². The van der Waals surface area contributed by atoms with Crippen LogP contribution < -0.4 is 5.73 Å². The van der Waals surface area contributed by atoms with E-state index in [4.69, 9.17) is 11.1 Å². The van der Waals surface area contributed by atoms with Gasteiger partial charge in [0.2, 0.25) is 0 Å². The highest BCUT2D eigenvalue weighted by Crippen LogP contribution is 2.24. The van der Waals surface area contributed by atoms with Gasteiger partial charge in [-0.05, 0) is 31.2 Å². The predicted octanol–water partition coefficient (Wildman–Crippen LogP) is 1.51. The molecule has 0 fully saturated rings. The molecule has 3 N–H and O–H groups in total. The minimum atomic E-state index is -3.14. The summed E-state index contributed by atoms with van der Waals surface area (Å²) in [6.45, 7) is 1.83. The van der Waals surface area contributed by atoms with E-state index in [2.05, 4.69) is 0 Å². The van der Waals surface area contributed by atoms with Crippen molar-refractivity contribution in [3.8, 4) is 0 Å². The molecule has 1 unspecified atom stereocenters. The summed E-state index contributed by atoms with van der Waals surface area (Å²) >= 11 is 1.43. The van der Waals surface area contributed by atoms with E-state index >= 15 is 0 Å². The Kier molecular flexibility index (Phi) is 3.98. The van der Waals surface area contributed by atoms with E-state index in [1.165, 1.54) is 18.0 Å². The zero-order valence-electron chi connectivity index (χ0n) is 9.10. The van der Waals surface area contributed by atoms with E-state index in [9.17, 15) is 8.42 Å². The Balaban J connectivity index is 2.84. The molecule has 0 spiro atoms. The molecular formula is C10H14N2O2S2. The summed E-state index contributed by atoms with van der Waals surface area (Å²) < 4.78 is 22.4. The SMILES string of the molecule is CC(Sc1ccc(S(C)(=O)=O)cc1)C(=N)N. The standard InChI is InChI=1S/C10H14N2O2S2/c1-7(10(11)12)15-8-3-5-9(6-4-8)16(2,13)14/h3-7H,1-2H3,(H3,11,12). The number of amidine groups is 1. The molecule has 0 heterocycles. The summed E-state index contributed by atoms with van der Waals surface area (Å²) in [6.07, 6.45) is 1.17. The molecule has 1 aromatic rings. The molecule has 16 heavy (non-hydrogen) atoms. The van der Waals surface area contributed by atoms with Crippen molar-refractivity contribution in [1.29, 1.82) is 5.41 Å². The summed E-state index contributed by atoms with van der Waals surface area (Å²) in [7, 11) is -3.14. The summed E-state index contributed by atoms with van der Waals surface area (Å²) in [5, 5.41) is 7.14. The fourth-order valence-electron chi connectivity index (χ4n) is 1.03. The van der Waals surface area contributed by atoms with Crippen molar-refractivity contribution in [2.75, 3.05) is 6.26 Å². The number of sulfone groups is 1. The van der Waals surface area contributed by atoms with Gasteiger partial charge in [0.15, 0.2) is 9.84 Å². The van der Waals surface area contributed by atoms with Gasteiger partial charge in [0, 0.05) is 11.2 Å². The quantitative estimate of drug-likeness (QED) is 0.487. The van der Waals surface area contributed by atoms with Gasteiger partial charge in [-0.3, -0.25) is 5.41 Å². The fourth-order valence-corrected chi connectivity index (χ4v) is 2.49. The van der Waals surface area contributed by atoms with E-state index in [0.717, 1.165) is 4.90 Å². The highest BCUT2D eigenvalue weighted by atomic mass is 32.2. The molecule has 0 amide bonds. The third kappa shape index (κ3) is 3.53. The molecule has 0 bridgehead atoms. The van der Waals surface area contributed by atoms with Crippen LogP contribution in [0.5, 0.6) is 0 Å². The average molecular weight is 258 g/mol. The van der Waals surface area contributed by atoms with Crippen molar-refractivity contribution in [2.45, 2.75) is 22.0 Å². The first-order chi connectivity index (χ1) is 7.30. The van der Waals surface area contributed by atoms with Crippen LogP contribution in [0.15, 0.2) is 34.1 Å². The molecule has 0 aromatic heterocycles. The molecule has 88 valence electrons. The number of hydrogen-bond donors (Lipinski definition) is 2. The van der Waals surface area contributed by atoms with Gasteiger partial charge in [0.1, 0.15) is 5.84 Å². The smallest absolute Gasteiger partial charge is 0.175 e. The number of nitrogens with two attached hydrogens (primary N) is 1. The zero-order valence-corrected chi connectivity index (χ0v) is 10.7. The Hall–Kier alpha value is -1.01. The molecule has 0 aliphatic heterocycles. The van der Waals surface area contributed by atoms with Crippen molar-refractivity contribution >= 4 is 27.4 Å². The van der Waals surface area contributed by atoms with Gasteiger partial charge in [-0.25, -0.2) is 8.42 Å². The molecule has 0 aliphatic carbocycles. The minimum Gasteiger partial charge on any atom is -0.387 e. The van der Waals surface area contributed by atoms with Crippen LogP contribution in [0.4, 0.5) is 0 Å². The lowest BCUT2D eigenvalue weighted by Crippen LogP contribution is -2.21. The number of benzene rings is 1. The van der Waals surface area contributed by atoms with Crippen LogP contribution in [0.3, 0.4) is 0 Å². The molecule has 1 aromatic carbocycles. The fraction of sp³-hybridized carbons (Fsp3) is 0.300. The molecular weight excluding hydrogens is 244 g/mol. The summed E-state index contributed by atoms with van der Waals surface area (Å²) in [5.41, 5.74) is 5.35. The van der Waals surface area contributed by atoms with Crippen LogP contribution in [0.2, 0.25) is 0 Å². The second kappa shape index (κ2) is 4.88. The lowest BCUT2D eigenvalue weighted by Gasteiger charge is -2.09. The Morgan fingerprint density at radius 2 is 1.88 bits per heavy atom. The number of hydrogen-bond acceptors (Lipinski definition) is 4. The highest BCUT2D eigenvalue weighted by molar-refractivity contribution is 8.00. The van der Waals surface area contributed by atoms with E-state index in [1.54, 1.807) is 24.3 Å². The third-order valence-corrected chi connectivity index (χ3v) is 4.28. The Labute approximate surface area is 99.7 Å². The van der Waals surface area contributed by atoms with E-state index in [1.807, 2.05) is 6.92 Å². The first-order valence-electron chi connectivity index (χ1n) is 4.61. The summed E-state index contributed by atoms with van der Waals surface area (Å²) in [6, 6.07) is 6.57. The molecule has 1 atom stereocenters. The monoisotopic (exact) mass is 258 g/mol. The molecule has 1 rings (SSSR count). The normalized spacial score (nSPS) is 13.4. The van der Waals surface area contributed by atoms with Crippen molar-refractivity contribution in [1.82, 2.24) is 0 Å². The molecule has 4 nitrogen and oxygen atoms in total. The minimum absolute atomic E-state index is 0.107. The van der Waals surface area contributed by atoms with Gasteiger partial charge in [0.05, 0.1) is 10.1 Å². The number of nitrogens with one attached hydrogen (secondary N) is 1. The van der Waals surface area contributed by atoms with Gasteiger partial charge in [-0.1, -0.05) is 0 Å². The zero-order chi connectivity index (χ0) is 12.3. The van der Waals surface area contributed by atoms with Crippen molar-refractivity contribution in [3.05, 3.63) is 24.3 Å². The van der Waals surface area contributed by atoms with Crippen molar-refractivity contribution in [2.24, 2.45) is 5.73 Å². The number of rotatable bonds is 4. The largest absolute Gasteiger partial charge is 0.387 e. The van der Waals surface area contributed by atoms with Crippen LogP contribution >= 0.6 is 11.8 Å². The maximum absolute atomic E-state index is 11.2.